The SMILES string of the molecule is CC.CC.CC.CC.CC.CC(C)(C)c1ccc2[nH]ncc2c1.CC(C)(C)c1ccc2c(c1)CCC2.CC(C)(C)c1ccc2c(c1)CCCC2. The van der Waals surface area contributed by atoms with Gasteiger partial charge in [0, 0.05) is 5.39 Å². The summed E-state index contributed by atoms with van der Waals surface area (Å²) in [6.07, 6.45) is 11.1. The quantitative estimate of drug-likeness (QED) is 0.196. The summed E-state index contributed by atoms with van der Waals surface area (Å²) in [6, 6.07) is 20.5. The second-order valence-electron chi connectivity index (χ2n) is 14.9. The number of rotatable bonds is 0. The predicted molar refractivity (Wildman–Crippen MR) is 230 cm³/mol. The van der Waals surface area contributed by atoms with Gasteiger partial charge in [-0.1, -0.05) is 174 Å². The van der Waals surface area contributed by atoms with Crippen molar-refractivity contribution in [1.29, 1.82) is 0 Å². The minimum absolute atomic E-state index is 0.214. The lowest BCUT2D eigenvalue weighted by Crippen LogP contribution is -2.13. The van der Waals surface area contributed by atoms with Gasteiger partial charge in [0.15, 0.2) is 0 Å². The number of aromatic amines is 1. The van der Waals surface area contributed by atoms with Gasteiger partial charge in [-0.25, -0.2) is 0 Å². The highest BCUT2D eigenvalue weighted by molar-refractivity contribution is 5.78. The zero-order valence-corrected chi connectivity index (χ0v) is 36.7. The monoisotopic (exact) mass is 687 g/mol. The van der Waals surface area contributed by atoms with Crippen molar-refractivity contribution in [2.75, 3.05) is 0 Å². The van der Waals surface area contributed by atoms with Crippen molar-refractivity contribution in [3.05, 3.63) is 99.7 Å². The molecule has 2 heteroatoms. The molecule has 0 bridgehead atoms. The van der Waals surface area contributed by atoms with Crippen LogP contribution in [-0.4, -0.2) is 10.2 Å². The number of aromatic nitrogens is 2. The van der Waals surface area contributed by atoms with Crippen molar-refractivity contribution < 1.29 is 0 Å². The summed E-state index contributed by atoms with van der Waals surface area (Å²) in [6.45, 7) is 40.4. The third kappa shape index (κ3) is 16.4. The second kappa shape index (κ2) is 25.1. The predicted octanol–water partition coefficient (Wildman–Crippen LogP) is 15.3. The number of nitrogens with zero attached hydrogens (tertiary/aromatic N) is 1. The van der Waals surface area contributed by atoms with E-state index in [-0.39, 0.29) is 5.41 Å². The van der Waals surface area contributed by atoms with E-state index in [4.69, 9.17) is 0 Å². The van der Waals surface area contributed by atoms with Gasteiger partial charge < -0.3 is 0 Å². The van der Waals surface area contributed by atoms with Crippen molar-refractivity contribution in [3.63, 3.8) is 0 Å². The van der Waals surface area contributed by atoms with E-state index in [9.17, 15) is 0 Å². The standard InChI is InChI=1S/C14H20.C13H18.C11H14N2.5C2H6/c1-14(2,3)13-9-8-11-6-4-5-7-12(11)10-13;1-13(2,3)12-8-7-10-5-4-6-11(10)9-12;1-11(2,3)9-4-5-10-8(6-9)7-12-13-10;5*1-2/h8-10H,4-7H2,1-3H3;7-9H,4-6H2,1-3H3;4-7H,1-3H3,(H,12,13);5*1-2H3. The van der Waals surface area contributed by atoms with Crippen molar-refractivity contribution >= 4 is 10.9 Å². The molecule has 1 N–H and O–H groups in total. The van der Waals surface area contributed by atoms with Gasteiger partial charge in [-0.3, -0.25) is 5.10 Å². The van der Waals surface area contributed by atoms with E-state index < -0.39 is 0 Å². The summed E-state index contributed by atoms with van der Waals surface area (Å²) in [5, 5.41) is 8.14. The summed E-state index contributed by atoms with van der Waals surface area (Å²) in [4.78, 5) is 0. The van der Waals surface area contributed by atoms with Crippen LogP contribution in [0.5, 0.6) is 0 Å². The third-order valence-corrected chi connectivity index (χ3v) is 8.49. The molecule has 50 heavy (non-hydrogen) atoms. The van der Waals surface area contributed by atoms with Crippen LogP contribution in [0.15, 0.2) is 60.8 Å². The first-order valence-corrected chi connectivity index (χ1v) is 20.4. The van der Waals surface area contributed by atoms with Gasteiger partial charge in [0.2, 0.25) is 0 Å². The highest BCUT2D eigenvalue weighted by Crippen LogP contribution is 2.30. The molecule has 4 aromatic rings. The normalized spacial score (nSPS) is 12.5. The van der Waals surface area contributed by atoms with E-state index in [0.717, 1.165) is 5.52 Å². The molecule has 0 fully saturated rings. The molecule has 1 heterocycles. The summed E-state index contributed by atoms with van der Waals surface area (Å²) in [7, 11) is 0. The van der Waals surface area contributed by atoms with E-state index in [1.165, 1.54) is 67.0 Å². The van der Waals surface area contributed by atoms with E-state index in [2.05, 4.69) is 127 Å². The number of aryl methyl sites for hydroxylation is 4. The molecule has 0 aliphatic heterocycles. The number of hydrogen-bond donors (Lipinski definition) is 1. The zero-order chi connectivity index (χ0) is 39.1. The molecule has 2 aliphatic rings. The van der Waals surface area contributed by atoms with Gasteiger partial charge in [0.25, 0.3) is 0 Å². The second-order valence-corrected chi connectivity index (χ2v) is 14.9. The lowest BCUT2D eigenvalue weighted by atomic mass is 9.82. The lowest BCUT2D eigenvalue weighted by molar-refractivity contribution is 0.586. The maximum atomic E-state index is 4.00. The maximum absolute atomic E-state index is 4.00. The van der Waals surface area contributed by atoms with Crippen LogP contribution in [-0.2, 0) is 41.9 Å². The van der Waals surface area contributed by atoms with Gasteiger partial charge in [-0.2, -0.15) is 5.10 Å². The molecule has 2 aliphatic carbocycles. The Hall–Kier alpha value is -2.87. The Morgan fingerprint density at radius 2 is 0.760 bits per heavy atom. The fraction of sp³-hybridized carbons (Fsp3) is 0.604. The summed E-state index contributed by atoms with van der Waals surface area (Å²) < 4.78 is 0. The topological polar surface area (TPSA) is 28.7 Å². The molecule has 0 atom stereocenters. The molecule has 0 unspecified atom stereocenters. The minimum Gasteiger partial charge on any atom is -0.278 e. The average Bonchev–Trinajstić information content (AvgIpc) is 3.81. The lowest BCUT2D eigenvalue weighted by Gasteiger charge is -2.23. The highest BCUT2D eigenvalue weighted by atomic mass is 15.1. The van der Waals surface area contributed by atoms with E-state index in [1.807, 2.05) is 75.4 Å². The smallest absolute Gasteiger partial charge is 0.0650 e. The molecule has 0 spiro atoms. The minimum atomic E-state index is 0.214. The Bertz CT molecular complexity index is 1420. The van der Waals surface area contributed by atoms with Gasteiger partial charge in [-0.15, -0.1) is 0 Å². The van der Waals surface area contributed by atoms with Crippen molar-refractivity contribution in [3.8, 4) is 0 Å². The molecule has 1 aromatic heterocycles. The Labute approximate surface area is 312 Å². The summed E-state index contributed by atoms with van der Waals surface area (Å²) in [5.74, 6) is 0. The largest absolute Gasteiger partial charge is 0.278 e. The molecule has 0 saturated heterocycles. The first kappa shape index (κ1) is 49.2. The Morgan fingerprint density at radius 3 is 1.18 bits per heavy atom. The van der Waals surface area contributed by atoms with E-state index in [1.54, 1.807) is 22.3 Å². The van der Waals surface area contributed by atoms with Gasteiger partial charge in [0.05, 0.1) is 11.7 Å². The van der Waals surface area contributed by atoms with Crippen molar-refractivity contribution in [2.24, 2.45) is 0 Å². The molecule has 0 saturated carbocycles. The molecule has 284 valence electrons. The molecule has 2 nitrogen and oxygen atoms in total. The molecule has 3 aromatic carbocycles. The summed E-state index contributed by atoms with van der Waals surface area (Å²) in [5.41, 5.74) is 12.6. The fourth-order valence-corrected chi connectivity index (χ4v) is 5.65. The summed E-state index contributed by atoms with van der Waals surface area (Å²) >= 11 is 0. The molecular weight excluding hydrogens is 605 g/mol. The van der Waals surface area contributed by atoms with Crippen molar-refractivity contribution in [2.45, 2.75) is 193 Å². The van der Waals surface area contributed by atoms with Crippen LogP contribution in [0.4, 0.5) is 0 Å². The molecular formula is C48H82N2. The molecule has 0 amide bonds. The van der Waals surface area contributed by atoms with Crippen LogP contribution in [0.25, 0.3) is 10.9 Å². The van der Waals surface area contributed by atoms with Crippen LogP contribution < -0.4 is 0 Å². The van der Waals surface area contributed by atoms with Gasteiger partial charge >= 0.3 is 0 Å². The number of H-pyrrole nitrogens is 1. The average molecular weight is 687 g/mol. The first-order valence-electron chi connectivity index (χ1n) is 20.4. The first-order chi connectivity index (χ1) is 23.7. The number of hydrogen-bond acceptors (Lipinski definition) is 1. The van der Waals surface area contributed by atoms with Crippen LogP contribution in [0, 0.1) is 0 Å². The van der Waals surface area contributed by atoms with Crippen LogP contribution in [0.1, 0.15) is 190 Å². The number of fused-ring (bicyclic) bond motifs is 3. The maximum Gasteiger partial charge on any atom is 0.0650 e. The zero-order valence-electron chi connectivity index (χ0n) is 36.7. The number of nitrogens with one attached hydrogen (secondary N) is 1. The Balaban J connectivity index is 0. The van der Waals surface area contributed by atoms with Crippen LogP contribution in [0.3, 0.4) is 0 Å². The van der Waals surface area contributed by atoms with Gasteiger partial charge in [-0.05, 0) is 112 Å². The van der Waals surface area contributed by atoms with Crippen molar-refractivity contribution in [1.82, 2.24) is 10.2 Å². The highest BCUT2D eigenvalue weighted by Gasteiger charge is 2.18. The van der Waals surface area contributed by atoms with E-state index in [0.29, 0.717) is 10.8 Å². The van der Waals surface area contributed by atoms with Crippen LogP contribution in [0.2, 0.25) is 0 Å². The van der Waals surface area contributed by atoms with E-state index >= 15 is 0 Å². The van der Waals surface area contributed by atoms with Crippen LogP contribution >= 0.6 is 0 Å². The molecule has 6 rings (SSSR count). The Kier molecular flexibility index (Phi) is 24.8. The third-order valence-electron chi connectivity index (χ3n) is 8.49. The number of benzene rings is 3. The molecule has 0 radical (unpaired) electrons. The fourth-order valence-electron chi connectivity index (χ4n) is 5.65. The van der Waals surface area contributed by atoms with Gasteiger partial charge in [0.1, 0.15) is 0 Å². The Morgan fingerprint density at radius 1 is 0.420 bits per heavy atom.